The van der Waals surface area contributed by atoms with Crippen LogP contribution < -0.4 is 0 Å². The highest BCUT2D eigenvalue weighted by Crippen LogP contribution is 2.21. The predicted molar refractivity (Wildman–Crippen MR) is 86.2 cm³/mol. The lowest BCUT2D eigenvalue weighted by Crippen LogP contribution is -2.02. The van der Waals surface area contributed by atoms with Crippen LogP contribution in [0.15, 0.2) is 55.0 Å². The number of aryl methyl sites for hydroxylation is 1. The van der Waals surface area contributed by atoms with E-state index in [2.05, 4.69) is 30.6 Å². The molecular weight excluding hydrogens is 304 g/mol. The lowest BCUT2D eigenvalue weighted by atomic mass is 10.1. The predicted octanol–water partition coefficient (Wildman–Crippen LogP) is 1.67. The fourth-order valence-corrected chi connectivity index (χ4v) is 2.44. The zero-order valence-electron chi connectivity index (χ0n) is 13.0. The van der Waals surface area contributed by atoms with Gasteiger partial charge in [0.1, 0.15) is 12.2 Å². The first-order valence-corrected chi connectivity index (χ1v) is 7.45. The van der Waals surface area contributed by atoms with Crippen LogP contribution in [0.3, 0.4) is 0 Å². The minimum Gasteiger partial charge on any atom is -0.237 e. The summed E-state index contributed by atoms with van der Waals surface area (Å²) in [4.78, 5) is 8.89. The Balaban J connectivity index is 1.67. The van der Waals surface area contributed by atoms with E-state index in [-0.39, 0.29) is 0 Å². The van der Waals surface area contributed by atoms with Crippen molar-refractivity contribution in [2.75, 3.05) is 0 Å². The van der Waals surface area contributed by atoms with E-state index in [9.17, 15) is 0 Å². The topological polar surface area (TPSA) is 87.2 Å². The highest BCUT2D eigenvalue weighted by molar-refractivity contribution is 5.57. The lowest BCUT2D eigenvalue weighted by Gasteiger charge is -2.06. The third-order valence-corrected chi connectivity index (χ3v) is 3.53. The molecule has 4 rings (SSSR count). The highest BCUT2D eigenvalue weighted by atomic mass is 15.5. The van der Waals surface area contributed by atoms with Gasteiger partial charge < -0.3 is 0 Å². The summed E-state index contributed by atoms with van der Waals surface area (Å²) in [6, 6.07) is 13.8. The van der Waals surface area contributed by atoms with E-state index in [1.54, 1.807) is 21.9 Å². The maximum Gasteiger partial charge on any atom is 0.165 e. The standard InChI is InChI=1S/C16H14N8/c1-12-19-16(24(20-12)15-4-2-3-9-17-15)14-7-5-13(6-8-14)10-23-11-18-21-22-23/h2-9,11H,10H2,1H3. The fourth-order valence-electron chi connectivity index (χ4n) is 2.44. The van der Waals surface area contributed by atoms with Crippen molar-refractivity contribution >= 4 is 0 Å². The van der Waals surface area contributed by atoms with Crippen molar-refractivity contribution in [1.29, 1.82) is 0 Å². The molecule has 0 N–H and O–H groups in total. The first-order chi connectivity index (χ1) is 11.8. The quantitative estimate of drug-likeness (QED) is 0.569. The van der Waals surface area contributed by atoms with Crippen molar-refractivity contribution in [3.8, 4) is 17.2 Å². The van der Waals surface area contributed by atoms with Gasteiger partial charge in [0.15, 0.2) is 11.6 Å². The smallest absolute Gasteiger partial charge is 0.165 e. The van der Waals surface area contributed by atoms with E-state index in [1.165, 1.54) is 0 Å². The zero-order valence-corrected chi connectivity index (χ0v) is 13.0. The van der Waals surface area contributed by atoms with Crippen molar-refractivity contribution in [2.45, 2.75) is 13.5 Å². The monoisotopic (exact) mass is 318 g/mol. The molecule has 4 aromatic rings. The Morgan fingerprint density at radius 3 is 2.62 bits per heavy atom. The Labute approximate surface area is 137 Å². The molecule has 0 bridgehead atoms. The van der Waals surface area contributed by atoms with E-state index in [0.717, 1.165) is 22.8 Å². The molecule has 0 aliphatic rings. The summed E-state index contributed by atoms with van der Waals surface area (Å²) >= 11 is 0. The minimum absolute atomic E-state index is 0.624. The number of hydrogen-bond acceptors (Lipinski definition) is 6. The van der Waals surface area contributed by atoms with E-state index in [1.807, 2.05) is 49.4 Å². The van der Waals surface area contributed by atoms with Gasteiger partial charge in [0.05, 0.1) is 6.54 Å². The van der Waals surface area contributed by atoms with Gasteiger partial charge >= 0.3 is 0 Å². The summed E-state index contributed by atoms with van der Waals surface area (Å²) in [7, 11) is 0. The SMILES string of the molecule is Cc1nc(-c2ccc(Cn3cnnn3)cc2)n(-c2ccccn2)n1. The molecule has 0 amide bonds. The second-order valence-corrected chi connectivity index (χ2v) is 5.29. The van der Waals surface area contributed by atoms with E-state index >= 15 is 0 Å². The van der Waals surface area contributed by atoms with Gasteiger partial charge in [-0.3, -0.25) is 0 Å². The third-order valence-electron chi connectivity index (χ3n) is 3.53. The number of hydrogen-bond donors (Lipinski definition) is 0. The summed E-state index contributed by atoms with van der Waals surface area (Å²) in [5.74, 6) is 2.21. The Morgan fingerprint density at radius 2 is 1.92 bits per heavy atom. The van der Waals surface area contributed by atoms with Crippen LogP contribution in [0.4, 0.5) is 0 Å². The molecule has 0 radical (unpaired) electrons. The molecule has 0 aliphatic carbocycles. The fraction of sp³-hybridized carbons (Fsp3) is 0.125. The Hall–Kier alpha value is -3.42. The highest BCUT2D eigenvalue weighted by Gasteiger charge is 2.12. The van der Waals surface area contributed by atoms with Crippen LogP contribution in [-0.2, 0) is 6.54 Å². The molecule has 0 fully saturated rings. The number of rotatable bonds is 4. The van der Waals surface area contributed by atoms with E-state index in [0.29, 0.717) is 12.4 Å². The van der Waals surface area contributed by atoms with Crippen molar-refractivity contribution in [1.82, 2.24) is 40.0 Å². The van der Waals surface area contributed by atoms with Gasteiger partial charge in [0.25, 0.3) is 0 Å². The molecule has 0 spiro atoms. The Kier molecular flexibility index (Phi) is 3.54. The van der Waals surface area contributed by atoms with Crippen molar-refractivity contribution < 1.29 is 0 Å². The largest absolute Gasteiger partial charge is 0.237 e. The zero-order chi connectivity index (χ0) is 16.4. The van der Waals surface area contributed by atoms with Gasteiger partial charge in [0, 0.05) is 11.8 Å². The number of pyridine rings is 1. The molecular formula is C16H14N8. The third kappa shape index (κ3) is 2.76. The van der Waals surface area contributed by atoms with Crippen LogP contribution in [0.25, 0.3) is 17.2 Å². The molecule has 0 saturated carbocycles. The van der Waals surface area contributed by atoms with Crippen LogP contribution in [0, 0.1) is 6.92 Å². The maximum absolute atomic E-state index is 4.54. The molecule has 0 aliphatic heterocycles. The van der Waals surface area contributed by atoms with E-state index in [4.69, 9.17) is 0 Å². The molecule has 3 aromatic heterocycles. The molecule has 118 valence electrons. The first-order valence-electron chi connectivity index (χ1n) is 7.45. The number of benzene rings is 1. The minimum atomic E-state index is 0.624. The molecule has 8 nitrogen and oxygen atoms in total. The van der Waals surface area contributed by atoms with Gasteiger partial charge in [-0.2, -0.15) is 4.68 Å². The number of tetrazole rings is 1. The van der Waals surface area contributed by atoms with Gasteiger partial charge in [-0.1, -0.05) is 30.3 Å². The Bertz CT molecular complexity index is 926. The van der Waals surface area contributed by atoms with Gasteiger partial charge in [0.2, 0.25) is 0 Å². The molecule has 1 aromatic carbocycles. The van der Waals surface area contributed by atoms with Crippen LogP contribution in [0.2, 0.25) is 0 Å². The van der Waals surface area contributed by atoms with E-state index < -0.39 is 0 Å². The Morgan fingerprint density at radius 1 is 1.04 bits per heavy atom. The molecule has 0 atom stereocenters. The number of aromatic nitrogens is 8. The molecule has 3 heterocycles. The summed E-state index contributed by atoms with van der Waals surface area (Å²) in [6.07, 6.45) is 3.33. The van der Waals surface area contributed by atoms with Crippen molar-refractivity contribution in [3.63, 3.8) is 0 Å². The second-order valence-electron chi connectivity index (χ2n) is 5.29. The normalized spacial score (nSPS) is 10.9. The average molecular weight is 318 g/mol. The van der Waals surface area contributed by atoms with Crippen LogP contribution >= 0.6 is 0 Å². The summed E-state index contributed by atoms with van der Waals surface area (Å²) < 4.78 is 3.43. The van der Waals surface area contributed by atoms with Crippen molar-refractivity contribution in [3.05, 3.63) is 66.4 Å². The van der Waals surface area contributed by atoms with Gasteiger partial charge in [-0.15, -0.1) is 10.2 Å². The lowest BCUT2D eigenvalue weighted by molar-refractivity contribution is 0.648. The summed E-state index contributed by atoms with van der Waals surface area (Å²) in [5.41, 5.74) is 2.08. The van der Waals surface area contributed by atoms with Crippen LogP contribution in [0.5, 0.6) is 0 Å². The van der Waals surface area contributed by atoms with Gasteiger partial charge in [-0.05, 0) is 35.0 Å². The second kappa shape index (κ2) is 5.99. The first kappa shape index (κ1) is 14.2. The maximum atomic E-state index is 4.54. The molecule has 24 heavy (non-hydrogen) atoms. The molecule has 0 saturated heterocycles. The van der Waals surface area contributed by atoms with Crippen LogP contribution in [0.1, 0.15) is 11.4 Å². The molecule has 8 heteroatoms. The van der Waals surface area contributed by atoms with Crippen molar-refractivity contribution in [2.24, 2.45) is 0 Å². The van der Waals surface area contributed by atoms with Crippen LogP contribution in [-0.4, -0.2) is 40.0 Å². The molecule has 0 unspecified atom stereocenters. The summed E-state index contributed by atoms with van der Waals surface area (Å²) in [5, 5.41) is 15.6. The summed E-state index contributed by atoms with van der Waals surface area (Å²) in [6.45, 7) is 2.49. The number of nitrogens with zero attached hydrogens (tertiary/aromatic N) is 8. The average Bonchev–Trinajstić information content (AvgIpc) is 3.26. The van der Waals surface area contributed by atoms with Gasteiger partial charge in [-0.25, -0.2) is 14.6 Å².